The molecule has 0 fully saturated rings. The van der Waals surface area contributed by atoms with E-state index in [0.717, 1.165) is 32.1 Å². The second-order valence-electron chi connectivity index (χ2n) is 9.06. The fourth-order valence-electron chi connectivity index (χ4n) is 3.58. The number of benzene rings is 3. The minimum Gasteiger partial charge on any atom is -0.477 e. The number of carboxylic acid groups (broad SMARTS) is 1. The number of halogens is 1. The molecule has 0 aliphatic carbocycles. The molecule has 1 aromatic heterocycles. The Bertz CT molecular complexity index is 1300. The van der Waals surface area contributed by atoms with Crippen LogP contribution < -0.4 is 0 Å². The average Bonchev–Trinajstić information content (AvgIpc) is 3.09. The zero-order chi connectivity index (χ0) is 22.9. The number of aromatic nitrogens is 1. The Morgan fingerprint density at radius 3 is 2.53 bits per heavy atom. The van der Waals surface area contributed by atoms with E-state index in [1.54, 1.807) is 22.4 Å². The van der Waals surface area contributed by atoms with Gasteiger partial charge in [0, 0.05) is 34.9 Å². The number of aromatic carboxylic acids is 1. The highest BCUT2D eigenvalue weighted by atomic mass is 35.5. The number of nitrogens with zero attached hydrogens (tertiary/aromatic N) is 1. The zero-order valence-electron chi connectivity index (χ0n) is 18.4. The largest absolute Gasteiger partial charge is 0.477 e. The Hall–Kier alpha value is -2.25. The van der Waals surface area contributed by atoms with Crippen molar-refractivity contribution in [2.75, 3.05) is 6.61 Å². The average molecular weight is 484 g/mol. The molecule has 4 aromatic rings. The van der Waals surface area contributed by atoms with Crippen molar-refractivity contribution in [1.29, 1.82) is 0 Å². The molecule has 0 saturated carbocycles. The van der Waals surface area contributed by atoms with Gasteiger partial charge in [0.25, 0.3) is 0 Å². The van der Waals surface area contributed by atoms with Crippen LogP contribution in [0.25, 0.3) is 21.7 Å². The van der Waals surface area contributed by atoms with Gasteiger partial charge in [0.05, 0.1) is 5.52 Å². The summed E-state index contributed by atoms with van der Waals surface area (Å²) in [5.74, 6) is -0.979. The van der Waals surface area contributed by atoms with Crippen LogP contribution in [0.4, 0.5) is 0 Å². The third-order valence-electron chi connectivity index (χ3n) is 5.33. The summed E-state index contributed by atoms with van der Waals surface area (Å²) < 4.78 is 7.59. The molecule has 0 radical (unpaired) electrons. The number of hydrogen-bond acceptors (Lipinski definition) is 3. The summed E-state index contributed by atoms with van der Waals surface area (Å²) in [6, 6.07) is 21.0. The lowest BCUT2D eigenvalue weighted by molar-refractivity contribution is 0.0630. The predicted octanol–water partition coefficient (Wildman–Crippen LogP) is 7.61. The molecule has 32 heavy (non-hydrogen) atoms. The number of carboxylic acids is 1. The van der Waals surface area contributed by atoms with E-state index in [1.807, 2.05) is 24.3 Å². The monoisotopic (exact) mass is 483 g/mol. The summed E-state index contributed by atoms with van der Waals surface area (Å²) in [7, 11) is -1.22. The van der Waals surface area contributed by atoms with Gasteiger partial charge in [0.2, 0.25) is 0 Å². The highest BCUT2D eigenvalue weighted by molar-refractivity contribution is 7.99. The van der Waals surface area contributed by atoms with Gasteiger partial charge < -0.3 is 14.4 Å². The van der Waals surface area contributed by atoms with Gasteiger partial charge in [0.1, 0.15) is 12.4 Å². The Labute approximate surface area is 198 Å². The van der Waals surface area contributed by atoms with E-state index < -0.39 is 14.0 Å². The molecule has 0 aliphatic rings. The Kier molecular flexibility index (Phi) is 6.67. The maximum atomic E-state index is 12.0. The second kappa shape index (κ2) is 9.31. The van der Waals surface area contributed by atoms with Gasteiger partial charge in [-0.3, -0.25) is 0 Å². The predicted molar refractivity (Wildman–Crippen MR) is 136 cm³/mol. The number of rotatable bonds is 8. The molecule has 4 nitrogen and oxygen atoms in total. The van der Waals surface area contributed by atoms with Crippen molar-refractivity contribution < 1.29 is 14.6 Å². The highest BCUT2D eigenvalue weighted by Gasteiger charge is 2.19. The molecular weight excluding hydrogens is 458 g/mol. The first-order valence-corrected chi connectivity index (χ1v) is 15.4. The number of carbonyl (C=O) groups is 1. The molecule has 0 bridgehead atoms. The third-order valence-corrected chi connectivity index (χ3v) is 8.30. The van der Waals surface area contributed by atoms with E-state index in [2.05, 4.69) is 50.0 Å². The Morgan fingerprint density at radius 2 is 1.81 bits per heavy atom. The van der Waals surface area contributed by atoms with Crippen LogP contribution in [0.15, 0.2) is 70.5 Å². The summed E-state index contributed by atoms with van der Waals surface area (Å²) in [5.41, 5.74) is 0.974. The summed E-state index contributed by atoms with van der Waals surface area (Å²) in [6.07, 6.45) is 0. The van der Waals surface area contributed by atoms with Gasteiger partial charge >= 0.3 is 5.97 Å². The number of hydrogen-bond donors (Lipinski definition) is 1. The van der Waals surface area contributed by atoms with Crippen molar-refractivity contribution >= 4 is 59.1 Å². The number of fused-ring (bicyclic) bond motifs is 2. The maximum Gasteiger partial charge on any atom is 0.352 e. The van der Waals surface area contributed by atoms with Gasteiger partial charge in [-0.2, -0.15) is 0 Å². The molecule has 7 heteroatoms. The molecule has 0 unspecified atom stereocenters. The molecule has 166 valence electrons. The summed E-state index contributed by atoms with van der Waals surface area (Å²) in [6.45, 7) is 7.68. The van der Waals surface area contributed by atoms with Crippen molar-refractivity contribution in [2.24, 2.45) is 0 Å². The van der Waals surface area contributed by atoms with E-state index in [4.69, 9.17) is 16.3 Å². The van der Waals surface area contributed by atoms with Crippen LogP contribution in [0.5, 0.6) is 0 Å². The van der Waals surface area contributed by atoms with Crippen LogP contribution in [-0.4, -0.2) is 30.3 Å². The Balaban J connectivity index is 1.69. The minimum absolute atomic E-state index is 0.191. The van der Waals surface area contributed by atoms with Gasteiger partial charge in [-0.05, 0) is 47.1 Å². The molecular formula is C25H26ClNO3SSi. The van der Waals surface area contributed by atoms with Gasteiger partial charge in [0.15, 0.2) is 0 Å². The van der Waals surface area contributed by atoms with Gasteiger partial charge in [-0.25, -0.2) is 4.79 Å². The summed E-state index contributed by atoms with van der Waals surface area (Å²) in [5, 5.41) is 13.6. The lowest BCUT2D eigenvalue weighted by Crippen LogP contribution is -2.22. The maximum absolute atomic E-state index is 12.0. The van der Waals surface area contributed by atoms with Crippen LogP contribution in [-0.2, 0) is 11.5 Å². The van der Waals surface area contributed by atoms with Crippen LogP contribution >= 0.6 is 23.4 Å². The topological polar surface area (TPSA) is 51.5 Å². The van der Waals surface area contributed by atoms with Crippen LogP contribution in [0.3, 0.4) is 0 Å². The van der Waals surface area contributed by atoms with E-state index in [-0.39, 0.29) is 12.4 Å². The van der Waals surface area contributed by atoms with Crippen molar-refractivity contribution in [1.82, 2.24) is 4.57 Å². The van der Waals surface area contributed by atoms with Gasteiger partial charge in [-0.1, -0.05) is 73.3 Å². The SMILES string of the molecule is C[Si](C)(C)CCOCn1c(C(=O)O)cc2c(Sc3ccc4ccccc4c3)cc(Cl)cc21. The fraction of sp³-hybridized carbons (Fsp3) is 0.240. The fourth-order valence-corrected chi connectivity index (χ4v) is 5.65. The first-order chi connectivity index (χ1) is 15.2. The highest BCUT2D eigenvalue weighted by Crippen LogP contribution is 2.38. The molecule has 1 N–H and O–H groups in total. The molecule has 0 atom stereocenters. The van der Waals surface area contributed by atoms with Crippen molar-refractivity contribution in [3.8, 4) is 0 Å². The van der Waals surface area contributed by atoms with Crippen molar-refractivity contribution in [3.05, 3.63) is 71.4 Å². The lowest BCUT2D eigenvalue weighted by atomic mass is 10.1. The van der Waals surface area contributed by atoms with E-state index >= 15 is 0 Å². The molecule has 1 heterocycles. The molecule has 3 aromatic carbocycles. The normalized spacial score (nSPS) is 12.0. The molecule has 0 spiro atoms. The van der Waals surface area contributed by atoms with Gasteiger partial charge in [-0.15, -0.1) is 0 Å². The van der Waals surface area contributed by atoms with Crippen molar-refractivity contribution in [3.63, 3.8) is 0 Å². The van der Waals surface area contributed by atoms with Crippen molar-refractivity contribution in [2.45, 2.75) is 42.2 Å². The van der Waals surface area contributed by atoms with E-state index in [9.17, 15) is 9.90 Å². The third kappa shape index (κ3) is 5.21. The van der Waals surface area contributed by atoms with E-state index in [0.29, 0.717) is 11.6 Å². The Morgan fingerprint density at radius 1 is 1.06 bits per heavy atom. The summed E-state index contributed by atoms with van der Waals surface area (Å²) in [4.78, 5) is 14.0. The quantitative estimate of drug-likeness (QED) is 0.207. The van der Waals surface area contributed by atoms with Crippen LogP contribution in [0.2, 0.25) is 30.7 Å². The summed E-state index contributed by atoms with van der Waals surface area (Å²) >= 11 is 8.04. The lowest BCUT2D eigenvalue weighted by Gasteiger charge is -2.16. The smallest absolute Gasteiger partial charge is 0.352 e. The standard InChI is InChI=1S/C25H26ClNO3SSi/c1-32(2,3)11-10-30-16-27-22-13-19(26)14-24(21(22)15-23(27)25(28)29)31-20-9-8-17-6-4-5-7-18(17)12-20/h4-9,12-15H,10-11,16H2,1-3H3,(H,28,29). The van der Waals surface area contributed by atoms with Crippen LogP contribution in [0, 0.1) is 0 Å². The molecule has 4 rings (SSSR count). The van der Waals surface area contributed by atoms with E-state index in [1.165, 1.54) is 5.39 Å². The zero-order valence-corrected chi connectivity index (χ0v) is 21.0. The molecule has 0 aliphatic heterocycles. The second-order valence-corrected chi connectivity index (χ2v) is 16.2. The van der Waals surface area contributed by atoms with Crippen LogP contribution in [0.1, 0.15) is 10.5 Å². The first kappa shape index (κ1) is 22.9. The minimum atomic E-state index is -1.22. The number of ether oxygens (including phenoxy) is 1. The molecule has 0 saturated heterocycles. The molecule has 0 amide bonds. The first-order valence-electron chi connectivity index (χ1n) is 10.5.